The van der Waals surface area contributed by atoms with E-state index in [0.29, 0.717) is 37.0 Å². The molecule has 7 nitrogen and oxygen atoms in total. The highest BCUT2D eigenvalue weighted by atomic mass is 19.4. The molecule has 4 rings (SSSR count). The lowest BCUT2D eigenvalue weighted by atomic mass is 9.90. The molecule has 0 amide bonds. The number of benzene rings is 1. The quantitative estimate of drug-likeness (QED) is 0.626. The fourth-order valence-electron chi connectivity index (χ4n) is 4.36. The van der Waals surface area contributed by atoms with Crippen LogP contribution in [0, 0.1) is 0 Å². The van der Waals surface area contributed by atoms with Gasteiger partial charge in [-0.05, 0) is 31.4 Å². The molecular formula is C22H26F3N5O2. The second-order valence-corrected chi connectivity index (χ2v) is 8.54. The Morgan fingerprint density at radius 3 is 2.53 bits per heavy atom. The molecule has 1 saturated heterocycles. The van der Waals surface area contributed by atoms with Crippen molar-refractivity contribution < 1.29 is 18.3 Å². The van der Waals surface area contributed by atoms with Crippen molar-refractivity contribution in [1.29, 1.82) is 0 Å². The van der Waals surface area contributed by atoms with Gasteiger partial charge in [0.05, 0.1) is 24.3 Å². The monoisotopic (exact) mass is 449 g/mol. The third-order valence-corrected chi connectivity index (χ3v) is 6.30. The van der Waals surface area contributed by atoms with Gasteiger partial charge < -0.3 is 10.0 Å². The van der Waals surface area contributed by atoms with E-state index in [-0.39, 0.29) is 30.6 Å². The van der Waals surface area contributed by atoms with Crippen molar-refractivity contribution in [2.24, 2.45) is 7.05 Å². The van der Waals surface area contributed by atoms with Crippen LogP contribution in [-0.2, 0) is 13.6 Å². The number of aryl methyl sites for hydroxylation is 1. The van der Waals surface area contributed by atoms with Crippen molar-refractivity contribution in [1.82, 2.24) is 24.2 Å². The standard InChI is InChI=1S/C22H26F3N5O2/c1-28-19-17(13-27-28)20(31)30(15-26-19)14-21(32)8-11-29(12-9-21)10-7-18(22(23,24)25)16-5-3-2-4-6-16/h2-6,13,15,18,32H,7-12,14H2,1H3/t18-/m0/s1. The number of piperidine rings is 1. The predicted octanol–water partition coefficient (Wildman–Crippen LogP) is 2.69. The van der Waals surface area contributed by atoms with Crippen LogP contribution in [-0.4, -0.2) is 60.7 Å². The second kappa shape index (κ2) is 8.67. The van der Waals surface area contributed by atoms with Crippen LogP contribution in [0.25, 0.3) is 11.0 Å². The van der Waals surface area contributed by atoms with E-state index >= 15 is 0 Å². The average molecular weight is 449 g/mol. The zero-order valence-corrected chi connectivity index (χ0v) is 17.8. The summed E-state index contributed by atoms with van der Waals surface area (Å²) in [6.07, 6.45) is -0.745. The second-order valence-electron chi connectivity index (χ2n) is 8.54. The minimum atomic E-state index is -4.31. The van der Waals surface area contributed by atoms with E-state index in [9.17, 15) is 23.1 Å². The molecule has 1 aromatic carbocycles. The molecule has 1 aliphatic rings. The summed E-state index contributed by atoms with van der Waals surface area (Å²) in [6.45, 7) is 1.31. The smallest absolute Gasteiger partial charge is 0.388 e. The molecular weight excluding hydrogens is 423 g/mol. The first-order valence-corrected chi connectivity index (χ1v) is 10.6. The highest BCUT2D eigenvalue weighted by molar-refractivity contribution is 5.72. The van der Waals surface area contributed by atoms with Crippen LogP contribution in [0.3, 0.4) is 0 Å². The van der Waals surface area contributed by atoms with Crippen LogP contribution in [0.2, 0.25) is 0 Å². The van der Waals surface area contributed by atoms with Gasteiger partial charge in [-0.1, -0.05) is 30.3 Å². The highest BCUT2D eigenvalue weighted by Gasteiger charge is 2.41. The number of hydrogen-bond donors (Lipinski definition) is 1. The molecule has 32 heavy (non-hydrogen) atoms. The Labute approximate surface area is 183 Å². The zero-order chi connectivity index (χ0) is 22.9. The maximum absolute atomic E-state index is 13.6. The van der Waals surface area contributed by atoms with E-state index in [0.717, 1.165) is 0 Å². The maximum atomic E-state index is 13.6. The summed E-state index contributed by atoms with van der Waals surface area (Å²) in [5, 5.41) is 15.4. The lowest BCUT2D eigenvalue weighted by Crippen LogP contribution is -2.48. The Kier molecular flexibility index (Phi) is 6.09. The van der Waals surface area contributed by atoms with E-state index < -0.39 is 17.7 Å². The van der Waals surface area contributed by atoms with Gasteiger partial charge in [0.1, 0.15) is 11.7 Å². The Morgan fingerprint density at radius 1 is 1.19 bits per heavy atom. The molecule has 0 aliphatic carbocycles. The summed E-state index contributed by atoms with van der Waals surface area (Å²) >= 11 is 0. The molecule has 172 valence electrons. The number of halogens is 3. The number of likely N-dealkylation sites (tertiary alicyclic amines) is 1. The van der Waals surface area contributed by atoms with Crippen molar-refractivity contribution in [3.63, 3.8) is 0 Å². The lowest BCUT2D eigenvalue weighted by molar-refractivity contribution is -0.153. The molecule has 1 atom stereocenters. The number of fused-ring (bicyclic) bond motifs is 1. The Bertz CT molecular complexity index is 1120. The first-order chi connectivity index (χ1) is 15.2. The van der Waals surface area contributed by atoms with Crippen LogP contribution in [0.4, 0.5) is 13.2 Å². The highest BCUT2D eigenvalue weighted by Crippen LogP contribution is 2.37. The molecule has 1 N–H and O–H groups in total. The molecule has 3 heterocycles. The number of aliphatic hydroxyl groups is 1. The van der Waals surface area contributed by atoms with Crippen molar-refractivity contribution in [3.8, 4) is 0 Å². The zero-order valence-electron chi connectivity index (χ0n) is 17.8. The number of hydrogen-bond acceptors (Lipinski definition) is 5. The summed E-state index contributed by atoms with van der Waals surface area (Å²) in [5.74, 6) is -1.51. The first kappa shape index (κ1) is 22.5. The van der Waals surface area contributed by atoms with Crippen LogP contribution >= 0.6 is 0 Å². The van der Waals surface area contributed by atoms with Crippen molar-refractivity contribution in [2.45, 2.75) is 43.5 Å². The SMILES string of the molecule is Cn1ncc2c(=O)n(CC3(O)CCN(CC[C@@H](c4ccccc4)C(F)(F)F)CC3)cnc21. The van der Waals surface area contributed by atoms with E-state index in [1.807, 2.05) is 4.90 Å². The van der Waals surface area contributed by atoms with Crippen molar-refractivity contribution in [3.05, 3.63) is 58.8 Å². The molecule has 3 aromatic rings. The Hall–Kier alpha value is -2.72. The third-order valence-electron chi connectivity index (χ3n) is 6.30. The van der Waals surface area contributed by atoms with Gasteiger partial charge in [-0.2, -0.15) is 18.3 Å². The molecule has 10 heteroatoms. The molecule has 0 radical (unpaired) electrons. The van der Waals surface area contributed by atoms with Gasteiger partial charge in [0.25, 0.3) is 5.56 Å². The van der Waals surface area contributed by atoms with E-state index in [2.05, 4.69) is 10.1 Å². The number of alkyl halides is 3. The fraction of sp³-hybridized carbons (Fsp3) is 0.500. The van der Waals surface area contributed by atoms with Gasteiger partial charge in [0.2, 0.25) is 0 Å². The van der Waals surface area contributed by atoms with Gasteiger partial charge in [-0.3, -0.25) is 14.0 Å². The largest absolute Gasteiger partial charge is 0.395 e. The van der Waals surface area contributed by atoms with Crippen molar-refractivity contribution >= 4 is 11.0 Å². The van der Waals surface area contributed by atoms with Gasteiger partial charge in [0.15, 0.2) is 5.65 Å². The third kappa shape index (κ3) is 4.71. The van der Waals surface area contributed by atoms with E-state index in [1.54, 1.807) is 25.2 Å². The molecule has 2 aromatic heterocycles. The molecule has 1 aliphatic heterocycles. The first-order valence-electron chi connectivity index (χ1n) is 10.6. The number of aromatic nitrogens is 4. The van der Waals surface area contributed by atoms with Crippen LogP contribution in [0.1, 0.15) is 30.7 Å². The minimum absolute atomic E-state index is 0.0347. The molecule has 0 unspecified atom stereocenters. The maximum Gasteiger partial charge on any atom is 0.395 e. The van der Waals surface area contributed by atoms with Gasteiger partial charge in [0, 0.05) is 20.1 Å². The lowest BCUT2D eigenvalue weighted by Gasteiger charge is -2.39. The Morgan fingerprint density at radius 2 is 1.88 bits per heavy atom. The van der Waals surface area contributed by atoms with Crippen LogP contribution in [0.15, 0.2) is 47.7 Å². The normalized spacial score (nSPS) is 18.2. The molecule has 1 fully saturated rings. The number of nitrogens with zero attached hydrogens (tertiary/aromatic N) is 5. The van der Waals surface area contributed by atoms with Gasteiger partial charge in [-0.25, -0.2) is 4.98 Å². The van der Waals surface area contributed by atoms with Crippen molar-refractivity contribution in [2.75, 3.05) is 19.6 Å². The summed E-state index contributed by atoms with van der Waals surface area (Å²) in [5.41, 5.74) is -0.632. The topological polar surface area (TPSA) is 76.2 Å². The summed E-state index contributed by atoms with van der Waals surface area (Å²) < 4.78 is 43.6. The Balaban J connectivity index is 1.37. The summed E-state index contributed by atoms with van der Waals surface area (Å²) in [7, 11) is 1.70. The van der Waals surface area contributed by atoms with Gasteiger partial charge in [-0.15, -0.1) is 0 Å². The van der Waals surface area contributed by atoms with Crippen LogP contribution < -0.4 is 5.56 Å². The predicted molar refractivity (Wildman–Crippen MR) is 113 cm³/mol. The average Bonchev–Trinajstić information content (AvgIpc) is 3.13. The van der Waals surface area contributed by atoms with E-state index in [4.69, 9.17) is 0 Å². The summed E-state index contributed by atoms with van der Waals surface area (Å²) in [6, 6.07) is 7.97. The molecule has 0 saturated carbocycles. The van der Waals surface area contributed by atoms with Crippen LogP contribution in [0.5, 0.6) is 0 Å². The molecule has 0 bridgehead atoms. The number of rotatable bonds is 6. The molecule has 0 spiro atoms. The fourth-order valence-corrected chi connectivity index (χ4v) is 4.36. The minimum Gasteiger partial charge on any atom is -0.388 e. The van der Waals surface area contributed by atoms with Gasteiger partial charge >= 0.3 is 6.18 Å². The van der Waals surface area contributed by atoms with E-state index in [1.165, 1.54) is 33.9 Å². The summed E-state index contributed by atoms with van der Waals surface area (Å²) in [4.78, 5) is 18.9.